The molecule has 1 aliphatic rings. The van der Waals surface area contributed by atoms with Crippen LogP contribution in [0.1, 0.15) is 54.5 Å². The molecule has 234 valence electrons. The lowest BCUT2D eigenvalue weighted by Gasteiger charge is -2.28. The predicted octanol–water partition coefficient (Wildman–Crippen LogP) is 4.01. The van der Waals surface area contributed by atoms with Gasteiger partial charge in [-0.3, -0.25) is 19.5 Å². The molecule has 1 aliphatic heterocycles. The molecule has 10 nitrogen and oxygen atoms in total. The van der Waals surface area contributed by atoms with Crippen LogP contribution in [0, 0.1) is 20.8 Å². The molecule has 5 N–H and O–H groups in total. The molecule has 2 aromatic carbocycles. The Labute approximate surface area is 263 Å². The van der Waals surface area contributed by atoms with Gasteiger partial charge in [-0.1, -0.05) is 30.3 Å². The highest BCUT2D eigenvalue weighted by Gasteiger charge is 2.22. The van der Waals surface area contributed by atoms with Crippen LogP contribution in [0.15, 0.2) is 60.8 Å². The van der Waals surface area contributed by atoms with Crippen molar-refractivity contribution in [2.45, 2.75) is 40.3 Å². The van der Waals surface area contributed by atoms with Crippen LogP contribution in [0.2, 0.25) is 0 Å². The molecule has 0 bridgehead atoms. The number of aryl methyl sites for hydroxylation is 1. The summed E-state index contributed by atoms with van der Waals surface area (Å²) in [4.78, 5) is 37.7. The van der Waals surface area contributed by atoms with Crippen LogP contribution >= 0.6 is 0 Å². The quantitative estimate of drug-likeness (QED) is 0.161. The fraction of sp³-hybridized carbons (Fsp3) is 0.314. The maximum Gasteiger partial charge on any atom is 0.274 e. The van der Waals surface area contributed by atoms with Crippen LogP contribution in [0.5, 0.6) is 0 Å². The first-order chi connectivity index (χ1) is 21.8. The molecule has 0 atom stereocenters. The van der Waals surface area contributed by atoms with E-state index in [1.807, 2.05) is 69.3 Å². The molecule has 2 amide bonds. The van der Waals surface area contributed by atoms with Crippen LogP contribution in [0.4, 0.5) is 11.4 Å². The number of hydrogen-bond donors (Lipinski definition) is 5. The second-order valence-electron chi connectivity index (χ2n) is 11.3. The Morgan fingerprint density at radius 2 is 1.53 bits per heavy atom. The third-order valence-corrected chi connectivity index (χ3v) is 8.26. The van der Waals surface area contributed by atoms with Gasteiger partial charge < -0.3 is 26.2 Å². The van der Waals surface area contributed by atoms with Crippen molar-refractivity contribution in [1.82, 2.24) is 20.2 Å². The van der Waals surface area contributed by atoms with E-state index < -0.39 is 0 Å². The number of aliphatic hydroxyl groups is 2. The number of amides is 2. The number of nitrogens with one attached hydrogen (secondary N) is 3. The van der Waals surface area contributed by atoms with Crippen molar-refractivity contribution >= 4 is 23.2 Å². The van der Waals surface area contributed by atoms with E-state index in [4.69, 9.17) is 10.1 Å². The standard InChI is InChI=1S/C35H40N6O4/c1-22-18-33(38-31-12-14-41(15-17-43)21-28(22)31)35(45)40-30-9-5-7-27(24(30)3)26-6-4-8-29(23(26)2)39-34(44)32-11-10-25(20-37-32)19-36-13-16-42/h4-11,18,20,36,42-43H,12-17,19,21H2,1-3H3,(H,39,44)(H,40,45). The number of fused-ring (bicyclic) bond motifs is 1. The van der Waals surface area contributed by atoms with Gasteiger partial charge in [-0.05, 0) is 84.0 Å². The summed E-state index contributed by atoms with van der Waals surface area (Å²) in [5.41, 5.74) is 9.75. The van der Waals surface area contributed by atoms with E-state index in [0.717, 1.165) is 64.1 Å². The Morgan fingerprint density at radius 3 is 2.13 bits per heavy atom. The number of carbonyl (C=O) groups excluding carboxylic acids is 2. The molecule has 10 heteroatoms. The smallest absolute Gasteiger partial charge is 0.274 e. The molecule has 45 heavy (non-hydrogen) atoms. The number of aliphatic hydroxyl groups excluding tert-OH is 2. The molecular formula is C35H40N6O4. The predicted molar refractivity (Wildman–Crippen MR) is 175 cm³/mol. The topological polar surface area (TPSA) is 140 Å². The SMILES string of the molecule is Cc1cc(C(=O)Nc2cccc(-c3cccc(NC(=O)c4ccc(CNCCO)cn4)c3C)c2C)nc2c1CN(CCO)CC2. The molecule has 0 saturated heterocycles. The van der Waals surface area contributed by atoms with Gasteiger partial charge in [0.25, 0.3) is 11.8 Å². The van der Waals surface area contributed by atoms with Gasteiger partial charge in [0.2, 0.25) is 0 Å². The van der Waals surface area contributed by atoms with Gasteiger partial charge in [0.15, 0.2) is 0 Å². The molecule has 0 saturated carbocycles. The molecule has 0 unspecified atom stereocenters. The van der Waals surface area contributed by atoms with Crippen molar-refractivity contribution in [2.24, 2.45) is 0 Å². The molecule has 0 aliphatic carbocycles. The van der Waals surface area contributed by atoms with E-state index in [0.29, 0.717) is 42.4 Å². The van der Waals surface area contributed by atoms with Gasteiger partial charge in [0.1, 0.15) is 11.4 Å². The second kappa shape index (κ2) is 14.5. The van der Waals surface area contributed by atoms with Crippen LogP contribution in [0.3, 0.4) is 0 Å². The monoisotopic (exact) mass is 608 g/mol. The average molecular weight is 609 g/mol. The van der Waals surface area contributed by atoms with E-state index in [1.165, 1.54) is 0 Å². The minimum Gasteiger partial charge on any atom is -0.395 e. The van der Waals surface area contributed by atoms with Gasteiger partial charge in [0.05, 0.1) is 13.2 Å². The van der Waals surface area contributed by atoms with Gasteiger partial charge >= 0.3 is 0 Å². The summed E-state index contributed by atoms with van der Waals surface area (Å²) in [6.07, 6.45) is 2.39. The minimum absolute atomic E-state index is 0.0596. The van der Waals surface area contributed by atoms with Crippen molar-refractivity contribution in [3.8, 4) is 11.1 Å². The van der Waals surface area contributed by atoms with E-state index in [9.17, 15) is 14.7 Å². The number of hydrogen-bond acceptors (Lipinski definition) is 8. The Hall–Kier alpha value is -4.48. The zero-order valence-corrected chi connectivity index (χ0v) is 26.0. The number of pyridine rings is 2. The second-order valence-corrected chi connectivity index (χ2v) is 11.3. The van der Waals surface area contributed by atoms with Crippen molar-refractivity contribution in [3.63, 3.8) is 0 Å². The molecule has 4 aromatic rings. The van der Waals surface area contributed by atoms with E-state index in [1.54, 1.807) is 12.3 Å². The lowest BCUT2D eigenvalue weighted by atomic mass is 9.94. The number of anilines is 2. The fourth-order valence-electron chi connectivity index (χ4n) is 5.68. The number of aromatic nitrogens is 2. The lowest BCUT2D eigenvalue weighted by molar-refractivity contribution is 0.101. The number of rotatable bonds is 11. The third kappa shape index (κ3) is 7.43. The van der Waals surface area contributed by atoms with Crippen LogP contribution in [-0.2, 0) is 19.5 Å². The Morgan fingerprint density at radius 1 is 0.867 bits per heavy atom. The first kappa shape index (κ1) is 31.9. The maximum atomic E-state index is 13.4. The minimum atomic E-state index is -0.309. The number of nitrogens with zero attached hydrogens (tertiary/aromatic N) is 3. The molecule has 0 spiro atoms. The summed E-state index contributed by atoms with van der Waals surface area (Å²) in [7, 11) is 0. The number of carbonyl (C=O) groups is 2. The summed E-state index contributed by atoms with van der Waals surface area (Å²) in [5.74, 6) is -0.573. The van der Waals surface area contributed by atoms with Crippen molar-refractivity contribution in [1.29, 1.82) is 0 Å². The molecule has 3 heterocycles. The fourth-order valence-corrected chi connectivity index (χ4v) is 5.68. The van der Waals surface area contributed by atoms with E-state index >= 15 is 0 Å². The highest BCUT2D eigenvalue weighted by atomic mass is 16.3. The normalized spacial score (nSPS) is 12.9. The lowest BCUT2D eigenvalue weighted by Crippen LogP contribution is -2.34. The maximum absolute atomic E-state index is 13.4. The van der Waals surface area contributed by atoms with Gasteiger partial charge in [-0.2, -0.15) is 0 Å². The molecule has 0 fully saturated rings. The zero-order chi connectivity index (χ0) is 31.9. The van der Waals surface area contributed by atoms with Crippen molar-refractivity contribution in [2.75, 3.05) is 43.5 Å². The Kier molecular flexibility index (Phi) is 10.3. The summed E-state index contributed by atoms with van der Waals surface area (Å²) >= 11 is 0. The van der Waals surface area contributed by atoms with E-state index in [-0.39, 0.29) is 25.0 Å². The molecule has 2 aromatic heterocycles. The Bertz CT molecular complexity index is 1690. The van der Waals surface area contributed by atoms with Crippen molar-refractivity contribution in [3.05, 3.63) is 106 Å². The van der Waals surface area contributed by atoms with Crippen molar-refractivity contribution < 1.29 is 19.8 Å². The Balaban J connectivity index is 1.32. The first-order valence-electron chi connectivity index (χ1n) is 15.2. The van der Waals surface area contributed by atoms with Gasteiger partial charge in [-0.25, -0.2) is 4.98 Å². The highest BCUT2D eigenvalue weighted by molar-refractivity contribution is 6.05. The number of β-amino-alcohol motifs (C(OH)–C–C–N with tert-alkyl or cyclic N) is 1. The summed E-state index contributed by atoms with van der Waals surface area (Å²) in [6.45, 7) is 9.32. The first-order valence-corrected chi connectivity index (χ1v) is 15.2. The van der Waals surface area contributed by atoms with E-state index in [2.05, 4.69) is 25.8 Å². The molecular weight excluding hydrogens is 568 g/mol. The summed E-state index contributed by atoms with van der Waals surface area (Å²) in [6, 6.07) is 16.9. The van der Waals surface area contributed by atoms with Crippen LogP contribution in [0.25, 0.3) is 11.1 Å². The van der Waals surface area contributed by atoms with Gasteiger partial charge in [-0.15, -0.1) is 0 Å². The van der Waals surface area contributed by atoms with Crippen LogP contribution in [-0.4, -0.2) is 69.7 Å². The van der Waals surface area contributed by atoms with Crippen LogP contribution < -0.4 is 16.0 Å². The molecule has 5 rings (SSSR count). The zero-order valence-electron chi connectivity index (χ0n) is 26.0. The largest absolute Gasteiger partial charge is 0.395 e. The van der Waals surface area contributed by atoms with Gasteiger partial charge in [0, 0.05) is 62.4 Å². The summed E-state index contributed by atoms with van der Waals surface area (Å²) < 4.78 is 0. The summed E-state index contributed by atoms with van der Waals surface area (Å²) in [5, 5.41) is 27.4. The average Bonchev–Trinajstić information content (AvgIpc) is 3.04. The molecule has 0 radical (unpaired) electrons. The highest BCUT2D eigenvalue weighted by Crippen LogP contribution is 2.34. The third-order valence-electron chi connectivity index (χ3n) is 8.26. The number of benzene rings is 2.